The predicted octanol–water partition coefficient (Wildman–Crippen LogP) is 2.21. The van der Waals surface area contributed by atoms with Crippen LogP contribution in [0.4, 0.5) is 0 Å². The van der Waals surface area contributed by atoms with Gasteiger partial charge < -0.3 is 0 Å². The van der Waals surface area contributed by atoms with E-state index in [-0.39, 0.29) is 5.12 Å². The van der Waals surface area contributed by atoms with Crippen molar-refractivity contribution < 1.29 is 4.79 Å². The molecular weight excluding hydrogens is 182 g/mol. The molecule has 0 N–H and O–H groups in total. The van der Waals surface area contributed by atoms with Crippen LogP contribution in [0.1, 0.15) is 18.2 Å². The van der Waals surface area contributed by atoms with E-state index in [0.717, 1.165) is 17.9 Å². The summed E-state index contributed by atoms with van der Waals surface area (Å²) in [6, 6.07) is 4.05. The van der Waals surface area contributed by atoms with Gasteiger partial charge in [-0.15, -0.1) is 0 Å². The molecule has 0 saturated heterocycles. The van der Waals surface area contributed by atoms with Crippen LogP contribution in [0.2, 0.25) is 0 Å². The molecule has 70 valence electrons. The van der Waals surface area contributed by atoms with Gasteiger partial charge in [-0.1, -0.05) is 11.8 Å². The fourth-order valence-electron chi connectivity index (χ4n) is 1.07. The Hall–Kier alpha value is -0.830. The highest BCUT2D eigenvalue weighted by Gasteiger charge is 1.96. The van der Waals surface area contributed by atoms with Crippen LogP contribution in [0.15, 0.2) is 18.3 Å². The van der Waals surface area contributed by atoms with Crippen molar-refractivity contribution in [3.63, 3.8) is 0 Å². The number of hydrogen-bond acceptors (Lipinski definition) is 3. The van der Waals surface area contributed by atoms with Gasteiger partial charge in [0.1, 0.15) is 0 Å². The van der Waals surface area contributed by atoms with Gasteiger partial charge in [0.25, 0.3) is 0 Å². The molecule has 0 aliphatic heterocycles. The average Bonchev–Trinajstić information content (AvgIpc) is 2.03. The van der Waals surface area contributed by atoms with E-state index in [1.165, 1.54) is 17.3 Å². The quantitative estimate of drug-likeness (QED) is 0.740. The molecule has 0 spiro atoms. The van der Waals surface area contributed by atoms with E-state index in [9.17, 15) is 4.79 Å². The summed E-state index contributed by atoms with van der Waals surface area (Å²) in [4.78, 5) is 14.8. The van der Waals surface area contributed by atoms with Crippen molar-refractivity contribution in [2.24, 2.45) is 0 Å². The third kappa shape index (κ3) is 4.08. The lowest BCUT2D eigenvalue weighted by Crippen LogP contribution is -1.93. The van der Waals surface area contributed by atoms with E-state index in [2.05, 4.69) is 11.1 Å². The fourth-order valence-corrected chi connectivity index (χ4v) is 1.70. The summed E-state index contributed by atoms with van der Waals surface area (Å²) in [6.07, 6.45) is 2.75. The minimum Gasteiger partial charge on any atom is -0.288 e. The van der Waals surface area contributed by atoms with Crippen molar-refractivity contribution in [2.45, 2.75) is 20.3 Å². The molecule has 0 fully saturated rings. The molecule has 1 rings (SSSR count). The van der Waals surface area contributed by atoms with Crippen LogP contribution in [0.5, 0.6) is 0 Å². The zero-order chi connectivity index (χ0) is 9.68. The number of thioether (sulfide) groups is 1. The van der Waals surface area contributed by atoms with Gasteiger partial charge in [-0.05, 0) is 31.0 Å². The van der Waals surface area contributed by atoms with Crippen molar-refractivity contribution >= 4 is 16.9 Å². The molecule has 0 aliphatic carbocycles. The first-order chi connectivity index (χ1) is 6.18. The molecule has 13 heavy (non-hydrogen) atoms. The molecule has 0 aliphatic rings. The summed E-state index contributed by atoms with van der Waals surface area (Å²) in [7, 11) is 0. The minimum atomic E-state index is 0.186. The largest absolute Gasteiger partial charge is 0.288 e. The Kier molecular flexibility index (Phi) is 3.96. The van der Waals surface area contributed by atoms with Crippen molar-refractivity contribution in [2.75, 3.05) is 5.75 Å². The van der Waals surface area contributed by atoms with Gasteiger partial charge in [-0.2, -0.15) is 0 Å². The van der Waals surface area contributed by atoms with E-state index < -0.39 is 0 Å². The number of pyridine rings is 1. The van der Waals surface area contributed by atoms with Gasteiger partial charge in [0.15, 0.2) is 5.12 Å². The Morgan fingerprint density at radius 1 is 1.62 bits per heavy atom. The molecule has 1 aromatic rings. The second-order valence-electron chi connectivity index (χ2n) is 2.90. The fraction of sp³-hybridized carbons (Fsp3) is 0.400. The van der Waals surface area contributed by atoms with Crippen molar-refractivity contribution in [1.82, 2.24) is 4.98 Å². The number of aromatic nitrogens is 1. The molecule has 0 saturated carbocycles. The highest BCUT2D eigenvalue weighted by atomic mass is 32.2. The molecule has 1 heterocycles. The van der Waals surface area contributed by atoms with Crippen LogP contribution in [-0.4, -0.2) is 15.9 Å². The maximum atomic E-state index is 10.7. The normalized spacial score (nSPS) is 10.0. The molecule has 1 aromatic heterocycles. The first-order valence-electron chi connectivity index (χ1n) is 4.23. The predicted molar refractivity (Wildman–Crippen MR) is 55.8 cm³/mol. The van der Waals surface area contributed by atoms with Gasteiger partial charge in [-0.3, -0.25) is 9.78 Å². The summed E-state index contributed by atoms with van der Waals surface area (Å²) in [6.45, 7) is 3.57. The third-order valence-corrected chi connectivity index (χ3v) is 2.47. The summed E-state index contributed by atoms with van der Waals surface area (Å²) >= 11 is 1.37. The second-order valence-corrected chi connectivity index (χ2v) is 4.17. The van der Waals surface area contributed by atoms with Crippen molar-refractivity contribution in [3.8, 4) is 0 Å². The molecule has 0 radical (unpaired) electrons. The van der Waals surface area contributed by atoms with Gasteiger partial charge in [0, 0.05) is 24.6 Å². The monoisotopic (exact) mass is 195 g/mol. The van der Waals surface area contributed by atoms with Crippen molar-refractivity contribution in [3.05, 3.63) is 29.6 Å². The van der Waals surface area contributed by atoms with Crippen LogP contribution < -0.4 is 0 Å². The summed E-state index contributed by atoms with van der Waals surface area (Å²) in [5.74, 6) is 0.860. The van der Waals surface area contributed by atoms with Gasteiger partial charge in [0.2, 0.25) is 0 Å². The minimum absolute atomic E-state index is 0.186. The Balaban J connectivity index is 2.41. The molecular formula is C10H13NOS. The highest BCUT2D eigenvalue weighted by Crippen LogP contribution is 2.07. The lowest BCUT2D eigenvalue weighted by molar-refractivity contribution is -0.109. The molecule has 3 heteroatoms. The zero-order valence-corrected chi connectivity index (χ0v) is 8.73. The van der Waals surface area contributed by atoms with E-state index >= 15 is 0 Å². The molecule has 2 nitrogen and oxygen atoms in total. The first-order valence-corrected chi connectivity index (χ1v) is 5.22. The Morgan fingerprint density at radius 2 is 2.38 bits per heavy atom. The van der Waals surface area contributed by atoms with E-state index in [0.29, 0.717) is 0 Å². The van der Waals surface area contributed by atoms with Crippen molar-refractivity contribution in [1.29, 1.82) is 0 Å². The summed E-state index contributed by atoms with van der Waals surface area (Å²) in [5.41, 5.74) is 2.28. The Morgan fingerprint density at radius 3 is 3.00 bits per heavy atom. The second kappa shape index (κ2) is 5.02. The standard InChI is InChI=1S/C10H13NOS/c1-8-7-10(3-5-11-8)4-6-13-9(2)12/h3,5,7H,4,6H2,1-2H3. The molecule has 0 bridgehead atoms. The van der Waals surface area contributed by atoms with Gasteiger partial charge in [0.05, 0.1) is 0 Å². The van der Waals surface area contributed by atoms with Crippen LogP contribution >= 0.6 is 11.8 Å². The highest BCUT2D eigenvalue weighted by molar-refractivity contribution is 8.13. The summed E-state index contributed by atoms with van der Waals surface area (Å²) in [5, 5.41) is 0.186. The van der Waals surface area contributed by atoms with Crippen LogP contribution in [0.3, 0.4) is 0 Å². The number of carbonyl (C=O) groups is 1. The van der Waals surface area contributed by atoms with Crippen LogP contribution in [-0.2, 0) is 11.2 Å². The van der Waals surface area contributed by atoms with Gasteiger partial charge in [-0.25, -0.2) is 0 Å². The SMILES string of the molecule is CC(=O)SCCc1ccnc(C)c1. The smallest absolute Gasteiger partial charge is 0.185 e. The molecule has 0 unspecified atom stereocenters. The number of aryl methyl sites for hydroxylation is 2. The number of rotatable bonds is 3. The molecule has 0 aromatic carbocycles. The van der Waals surface area contributed by atoms with E-state index in [1.54, 1.807) is 6.92 Å². The molecule has 0 atom stereocenters. The maximum Gasteiger partial charge on any atom is 0.185 e. The summed E-state index contributed by atoms with van der Waals surface area (Å²) < 4.78 is 0. The lowest BCUT2D eigenvalue weighted by atomic mass is 10.2. The Bertz CT molecular complexity index is 299. The number of nitrogens with zero attached hydrogens (tertiary/aromatic N) is 1. The number of carbonyl (C=O) groups excluding carboxylic acids is 1. The Labute approximate surface area is 82.8 Å². The first kappa shape index (κ1) is 10.3. The van der Waals surface area contributed by atoms with E-state index in [4.69, 9.17) is 0 Å². The van der Waals surface area contributed by atoms with Crippen LogP contribution in [0.25, 0.3) is 0 Å². The van der Waals surface area contributed by atoms with Gasteiger partial charge >= 0.3 is 0 Å². The number of hydrogen-bond donors (Lipinski definition) is 0. The van der Waals surface area contributed by atoms with Crippen LogP contribution in [0, 0.1) is 6.92 Å². The average molecular weight is 195 g/mol. The van der Waals surface area contributed by atoms with E-state index in [1.807, 2.05) is 19.2 Å². The third-order valence-electron chi connectivity index (χ3n) is 1.66. The topological polar surface area (TPSA) is 30.0 Å². The maximum absolute atomic E-state index is 10.7. The lowest BCUT2D eigenvalue weighted by Gasteiger charge is -1.99. The molecule has 0 amide bonds. The zero-order valence-electron chi connectivity index (χ0n) is 7.91.